The van der Waals surface area contributed by atoms with Crippen LogP contribution in [0.25, 0.3) is 0 Å². The molecule has 2 aliphatic heterocycles. The number of nitrogens with one attached hydrogen (secondary N) is 1. The molecule has 3 N–H and O–H groups in total. The minimum Gasteiger partial charge on any atom is -0.464 e. The molecule has 2 fully saturated rings. The van der Waals surface area contributed by atoms with E-state index in [2.05, 4.69) is 20.3 Å². The Labute approximate surface area is 105 Å². The molecule has 3 unspecified atom stereocenters. The van der Waals surface area contributed by atoms with Gasteiger partial charge in [-0.25, -0.2) is 0 Å². The molecule has 7 heteroatoms. The third-order valence-corrected chi connectivity index (χ3v) is 3.33. The Morgan fingerprint density at radius 1 is 1.39 bits per heavy atom. The maximum atomic E-state index is 5.77. The van der Waals surface area contributed by atoms with Crippen LogP contribution >= 0.6 is 0 Å². The molecule has 3 heterocycles. The van der Waals surface area contributed by atoms with Crippen LogP contribution in [0.2, 0.25) is 0 Å². The first-order chi connectivity index (χ1) is 8.74. The third-order valence-electron chi connectivity index (χ3n) is 3.33. The highest BCUT2D eigenvalue weighted by atomic mass is 16.5. The van der Waals surface area contributed by atoms with Gasteiger partial charge in [-0.2, -0.15) is 15.0 Å². The van der Waals surface area contributed by atoms with Gasteiger partial charge in [0.1, 0.15) is 0 Å². The molecule has 2 saturated heterocycles. The highest BCUT2D eigenvalue weighted by Gasteiger charge is 2.41. The number of aromatic nitrogens is 3. The molecule has 98 valence electrons. The molecule has 0 amide bonds. The first-order valence-electron chi connectivity index (χ1n) is 6.31. The van der Waals surface area contributed by atoms with Gasteiger partial charge in [0.2, 0.25) is 11.9 Å². The molecule has 3 atom stereocenters. The molecule has 3 rings (SSSR count). The fourth-order valence-corrected chi connectivity index (χ4v) is 2.59. The van der Waals surface area contributed by atoms with Crippen molar-refractivity contribution < 1.29 is 9.47 Å². The number of fused-ring (bicyclic) bond motifs is 2. The Kier molecular flexibility index (Phi) is 2.91. The predicted molar refractivity (Wildman–Crippen MR) is 65.3 cm³/mol. The molecule has 7 nitrogen and oxygen atoms in total. The fourth-order valence-electron chi connectivity index (χ4n) is 2.59. The number of rotatable bonds is 4. The lowest BCUT2D eigenvalue weighted by Gasteiger charge is -2.20. The topological polar surface area (TPSA) is 95.2 Å². The summed E-state index contributed by atoms with van der Waals surface area (Å²) in [5, 5.41) is 3.26. The Bertz CT molecular complexity index is 441. The van der Waals surface area contributed by atoms with E-state index in [0.717, 1.165) is 19.3 Å². The summed E-state index contributed by atoms with van der Waals surface area (Å²) < 4.78 is 11.0. The van der Waals surface area contributed by atoms with Crippen LogP contribution in [0.3, 0.4) is 0 Å². The summed E-state index contributed by atoms with van der Waals surface area (Å²) in [6, 6.07) is 0.525. The van der Waals surface area contributed by atoms with E-state index in [4.69, 9.17) is 15.2 Å². The fraction of sp³-hybridized carbons (Fsp3) is 0.727. The van der Waals surface area contributed by atoms with Crippen LogP contribution in [-0.4, -0.2) is 39.8 Å². The summed E-state index contributed by atoms with van der Waals surface area (Å²) in [6.07, 6.45) is 3.91. The zero-order chi connectivity index (χ0) is 12.5. The van der Waals surface area contributed by atoms with Crippen molar-refractivity contribution in [3.63, 3.8) is 0 Å². The molecule has 2 bridgehead atoms. The first-order valence-corrected chi connectivity index (χ1v) is 6.31. The van der Waals surface area contributed by atoms with Gasteiger partial charge < -0.3 is 20.5 Å². The minimum atomic E-state index is 0.167. The lowest BCUT2D eigenvalue weighted by molar-refractivity contribution is 0.102. The van der Waals surface area contributed by atoms with Gasteiger partial charge in [-0.05, 0) is 26.2 Å². The number of nitrogens with two attached hydrogens (primary N) is 1. The van der Waals surface area contributed by atoms with Gasteiger partial charge in [0.25, 0.3) is 0 Å². The van der Waals surface area contributed by atoms with Crippen LogP contribution in [0.5, 0.6) is 6.01 Å². The molecular weight excluding hydrogens is 234 g/mol. The van der Waals surface area contributed by atoms with Crippen molar-refractivity contribution in [2.24, 2.45) is 0 Å². The second-order valence-electron chi connectivity index (χ2n) is 4.59. The summed E-state index contributed by atoms with van der Waals surface area (Å²) in [7, 11) is 0. The largest absolute Gasteiger partial charge is 0.464 e. The van der Waals surface area contributed by atoms with Crippen molar-refractivity contribution in [2.75, 3.05) is 17.7 Å². The highest BCUT2D eigenvalue weighted by Crippen LogP contribution is 2.35. The van der Waals surface area contributed by atoms with Gasteiger partial charge in [-0.3, -0.25) is 0 Å². The molecule has 2 aliphatic rings. The Balaban J connectivity index is 1.72. The van der Waals surface area contributed by atoms with Gasteiger partial charge in [0.05, 0.1) is 24.9 Å². The second-order valence-corrected chi connectivity index (χ2v) is 4.59. The zero-order valence-corrected chi connectivity index (χ0v) is 10.3. The smallest absolute Gasteiger partial charge is 0.323 e. The lowest BCUT2D eigenvalue weighted by Crippen LogP contribution is -2.31. The summed E-state index contributed by atoms with van der Waals surface area (Å²) in [5.74, 6) is 0.632. The van der Waals surface area contributed by atoms with Gasteiger partial charge in [-0.1, -0.05) is 0 Å². The molecule has 0 aromatic carbocycles. The van der Waals surface area contributed by atoms with Crippen LogP contribution in [-0.2, 0) is 4.74 Å². The summed E-state index contributed by atoms with van der Waals surface area (Å²) in [6.45, 7) is 2.37. The van der Waals surface area contributed by atoms with Crippen molar-refractivity contribution in [1.82, 2.24) is 15.0 Å². The van der Waals surface area contributed by atoms with E-state index >= 15 is 0 Å². The highest BCUT2D eigenvalue weighted by molar-refractivity contribution is 5.34. The average Bonchev–Trinajstić information content (AvgIpc) is 2.90. The van der Waals surface area contributed by atoms with E-state index in [1.807, 2.05) is 6.92 Å². The molecule has 0 aliphatic carbocycles. The SMILES string of the molecule is CCOc1nc(N)nc(NC2CC3CCC2O3)n1. The van der Waals surface area contributed by atoms with E-state index < -0.39 is 0 Å². The van der Waals surface area contributed by atoms with Crippen molar-refractivity contribution in [1.29, 1.82) is 0 Å². The van der Waals surface area contributed by atoms with Crippen LogP contribution in [0.1, 0.15) is 26.2 Å². The monoisotopic (exact) mass is 251 g/mol. The van der Waals surface area contributed by atoms with Crippen molar-refractivity contribution in [3.8, 4) is 6.01 Å². The van der Waals surface area contributed by atoms with Crippen molar-refractivity contribution in [2.45, 2.75) is 44.4 Å². The van der Waals surface area contributed by atoms with Gasteiger partial charge in [0.15, 0.2) is 0 Å². The normalized spacial score (nSPS) is 29.5. The number of nitrogen functional groups attached to an aromatic ring is 1. The molecule has 1 aromatic heterocycles. The summed E-state index contributed by atoms with van der Waals surface area (Å²) >= 11 is 0. The van der Waals surface area contributed by atoms with Gasteiger partial charge in [0, 0.05) is 0 Å². The van der Waals surface area contributed by atoms with E-state index in [1.54, 1.807) is 0 Å². The molecule has 18 heavy (non-hydrogen) atoms. The zero-order valence-electron chi connectivity index (χ0n) is 10.3. The van der Waals surface area contributed by atoms with E-state index in [1.165, 1.54) is 0 Å². The van der Waals surface area contributed by atoms with Gasteiger partial charge >= 0.3 is 6.01 Å². The number of nitrogens with zero attached hydrogens (tertiary/aromatic N) is 3. The van der Waals surface area contributed by atoms with Crippen molar-refractivity contribution in [3.05, 3.63) is 0 Å². The molecular formula is C11H17N5O2. The summed E-state index contributed by atoms with van der Waals surface area (Å²) in [4.78, 5) is 12.2. The number of anilines is 2. The van der Waals surface area contributed by atoms with E-state index in [-0.39, 0.29) is 24.1 Å². The minimum absolute atomic E-state index is 0.167. The number of ether oxygens (including phenoxy) is 2. The second kappa shape index (κ2) is 4.56. The predicted octanol–water partition coefficient (Wildman–Crippen LogP) is 0.584. The molecule has 0 spiro atoms. The first kappa shape index (κ1) is 11.5. The number of hydrogen-bond donors (Lipinski definition) is 2. The van der Waals surface area contributed by atoms with Crippen LogP contribution in [0.4, 0.5) is 11.9 Å². The average molecular weight is 251 g/mol. The molecule has 1 aromatic rings. The van der Waals surface area contributed by atoms with E-state index in [9.17, 15) is 0 Å². The number of hydrogen-bond acceptors (Lipinski definition) is 7. The quantitative estimate of drug-likeness (QED) is 0.808. The Morgan fingerprint density at radius 3 is 2.94 bits per heavy atom. The standard InChI is InChI=1S/C11H17N5O2/c1-2-17-11-15-9(12)14-10(16-11)13-7-5-6-3-4-8(7)18-6/h6-8H,2-5H2,1H3,(H3,12,13,14,15,16). The van der Waals surface area contributed by atoms with Crippen LogP contribution in [0.15, 0.2) is 0 Å². The molecule has 0 radical (unpaired) electrons. The summed E-state index contributed by atoms with van der Waals surface area (Å²) in [5.41, 5.74) is 5.63. The Hall–Kier alpha value is -1.63. The van der Waals surface area contributed by atoms with E-state index in [0.29, 0.717) is 18.7 Å². The third kappa shape index (κ3) is 2.17. The Morgan fingerprint density at radius 2 is 2.28 bits per heavy atom. The van der Waals surface area contributed by atoms with Gasteiger partial charge in [-0.15, -0.1) is 0 Å². The molecule has 0 saturated carbocycles. The van der Waals surface area contributed by atoms with Crippen LogP contribution in [0, 0.1) is 0 Å². The maximum Gasteiger partial charge on any atom is 0.323 e. The van der Waals surface area contributed by atoms with Crippen LogP contribution < -0.4 is 15.8 Å². The maximum absolute atomic E-state index is 5.77. The lowest BCUT2D eigenvalue weighted by atomic mass is 9.96. The van der Waals surface area contributed by atoms with Crippen molar-refractivity contribution >= 4 is 11.9 Å².